The highest BCUT2D eigenvalue weighted by Gasteiger charge is 2.23. The maximum absolute atomic E-state index is 13.2. The minimum atomic E-state index is -0.960. The molecule has 0 radical (unpaired) electrons. The molecular weight excluding hydrogens is 392 g/mol. The monoisotopic (exact) mass is 415 g/mol. The fourth-order valence-corrected chi connectivity index (χ4v) is 4.33. The number of thioether (sulfide) groups is 1. The number of carbonyl (C=O) groups is 1. The number of aryl methyl sites for hydroxylation is 1. The topological polar surface area (TPSA) is 40.5 Å². The molecule has 1 atom stereocenters. The quantitative estimate of drug-likeness (QED) is 0.628. The van der Waals surface area contributed by atoms with Crippen LogP contribution in [0.4, 0.5) is 8.78 Å². The van der Waals surface area contributed by atoms with Crippen LogP contribution in [0.5, 0.6) is 0 Å². The summed E-state index contributed by atoms with van der Waals surface area (Å²) in [5.74, 6) is -1.51. The molecule has 3 nitrogen and oxygen atoms in total. The standard InChI is InChI=1S/C23H23F2NO2S/c1-16(4-5-17-6-10-19(24)11-7-17)29-22-21(23(27)28)3-2-14-26(22)15-18-8-12-20(25)13-9-18/h2-3,6-13,16H,4-5,14-15H2,1H3,(H,27,28). The lowest BCUT2D eigenvalue weighted by molar-refractivity contribution is -0.132. The average molecular weight is 416 g/mol. The van der Waals surface area contributed by atoms with Crippen LogP contribution < -0.4 is 0 Å². The molecule has 0 saturated heterocycles. The van der Waals surface area contributed by atoms with Crippen LogP contribution in [0, 0.1) is 11.6 Å². The lowest BCUT2D eigenvalue weighted by Gasteiger charge is -2.31. The summed E-state index contributed by atoms with van der Waals surface area (Å²) in [5.41, 5.74) is 2.25. The van der Waals surface area contributed by atoms with E-state index in [0.717, 1.165) is 29.0 Å². The molecule has 0 amide bonds. The fourth-order valence-electron chi connectivity index (χ4n) is 3.14. The van der Waals surface area contributed by atoms with Crippen LogP contribution in [-0.2, 0) is 17.8 Å². The van der Waals surface area contributed by atoms with Gasteiger partial charge in [0.1, 0.15) is 11.6 Å². The SMILES string of the molecule is CC(CCc1ccc(F)cc1)SC1=C(C(=O)O)C=CCN1Cc1ccc(F)cc1. The Morgan fingerprint density at radius 2 is 1.66 bits per heavy atom. The number of hydrogen-bond acceptors (Lipinski definition) is 3. The summed E-state index contributed by atoms with van der Waals surface area (Å²) in [7, 11) is 0. The predicted octanol–water partition coefficient (Wildman–Crippen LogP) is 5.39. The molecule has 2 aromatic rings. The highest BCUT2D eigenvalue weighted by molar-refractivity contribution is 8.03. The smallest absolute Gasteiger partial charge is 0.338 e. The molecular formula is C23H23F2NO2S. The summed E-state index contributed by atoms with van der Waals surface area (Å²) in [4.78, 5) is 13.8. The highest BCUT2D eigenvalue weighted by atomic mass is 32.2. The van der Waals surface area contributed by atoms with E-state index in [4.69, 9.17) is 0 Å². The number of carboxylic acids is 1. The lowest BCUT2D eigenvalue weighted by Crippen LogP contribution is -2.27. The predicted molar refractivity (Wildman–Crippen MR) is 112 cm³/mol. The van der Waals surface area contributed by atoms with Crippen molar-refractivity contribution in [3.05, 3.63) is 94.0 Å². The van der Waals surface area contributed by atoms with Crippen molar-refractivity contribution in [1.82, 2.24) is 4.90 Å². The van der Waals surface area contributed by atoms with Crippen LogP contribution in [0.3, 0.4) is 0 Å². The van der Waals surface area contributed by atoms with E-state index in [9.17, 15) is 18.7 Å². The van der Waals surface area contributed by atoms with E-state index in [1.54, 1.807) is 30.3 Å². The van der Waals surface area contributed by atoms with Crippen molar-refractivity contribution < 1.29 is 18.7 Å². The summed E-state index contributed by atoms with van der Waals surface area (Å²) in [6, 6.07) is 12.7. The van der Waals surface area contributed by atoms with E-state index in [0.29, 0.717) is 13.1 Å². The van der Waals surface area contributed by atoms with Crippen molar-refractivity contribution in [3.63, 3.8) is 0 Å². The Bertz CT molecular complexity index is 907. The van der Waals surface area contributed by atoms with Gasteiger partial charge in [-0.25, -0.2) is 13.6 Å². The summed E-state index contributed by atoms with van der Waals surface area (Å²) in [5, 5.41) is 10.5. The Balaban J connectivity index is 1.71. The average Bonchev–Trinajstić information content (AvgIpc) is 2.70. The minimum absolute atomic E-state index is 0.173. The van der Waals surface area contributed by atoms with Gasteiger partial charge in [0.25, 0.3) is 0 Å². The number of benzene rings is 2. The van der Waals surface area contributed by atoms with Gasteiger partial charge in [-0.3, -0.25) is 0 Å². The molecule has 0 saturated carbocycles. The minimum Gasteiger partial charge on any atom is -0.478 e. The van der Waals surface area contributed by atoms with Crippen LogP contribution in [-0.4, -0.2) is 27.8 Å². The van der Waals surface area contributed by atoms with Gasteiger partial charge < -0.3 is 10.0 Å². The zero-order valence-electron chi connectivity index (χ0n) is 16.1. The molecule has 1 heterocycles. The zero-order chi connectivity index (χ0) is 20.8. The second-order valence-electron chi connectivity index (χ2n) is 7.03. The van der Waals surface area contributed by atoms with Gasteiger partial charge in [0, 0.05) is 18.3 Å². The van der Waals surface area contributed by atoms with Gasteiger partial charge in [0.15, 0.2) is 0 Å². The van der Waals surface area contributed by atoms with E-state index in [1.807, 2.05) is 11.0 Å². The Morgan fingerprint density at radius 3 is 2.24 bits per heavy atom. The number of hydrogen-bond donors (Lipinski definition) is 1. The third kappa shape index (κ3) is 5.94. The van der Waals surface area contributed by atoms with Crippen molar-refractivity contribution in [2.45, 2.75) is 31.6 Å². The first kappa shape index (κ1) is 21.1. The van der Waals surface area contributed by atoms with E-state index >= 15 is 0 Å². The summed E-state index contributed by atoms with van der Waals surface area (Å²) in [6.07, 6.45) is 5.11. The molecule has 0 fully saturated rings. The fraction of sp³-hybridized carbons (Fsp3) is 0.261. The largest absolute Gasteiger partial charge is 0.478 e. The van der Waals surface area contributed by atoms with E-state index in [2.05, 4.69) is 6.92 Å². The van der Waals surface area contributed by atoms with Crippen LogP contribution >= 0.6 is 11.8 Å². The third-order valence-corrected chi connectivity index (χ3v) is 6.05. The maximum atomic E-state index is 13.2. The first-order valence-electron chi connectivity index (χ1n) is 9.47. The van der Waals surface area contributed by atoms with Gasteiger partial charge in [0.2, 0.25) is 0 Å². The van der Waals surface area contributed by atoms with Crippen molar-refractivity contribution in [2.24, 2.45) is 0 Å². The first-order chi connectivity index (χ1) is 13.9. The van der Waals surface area contributed by atoms with E-state index in [-0.39, 0.29) is 22.5 Å². The van der Waals surface area contributed by atoms with E-state index in [1.165, 1.54) is 36.0 Å². The third-order valence-electron chi connectivity index (χ3n) is 4.71. The van der Waals surface area contributed by atoms with Crippen LogP contribution in [0.2, 0.25) is 0 Å². The van der Waals surface area contributed by atoms with Crippen molar-refractivity contribution in [2.75, 3.05) is 6.54 Å². The highest BCUT2D eigenvalue weighted by Crippen LogP contribution is 2.34. The van der Waals surface area contributed by atoms with Crippen molar-refractivity contribution >= 4 is 17.7 Å². The summed E-state index contributed by atoms with van der Waals surface area (Å²) in [6.45, 7) is 3.17. The summed E-state index contributed by atoms with van der Waals surface area (Å²) >= 11 is 1.54. The first-order valence-corrected chi connectivity index (χ1v) is 10.3. The molecule has 1 aliphatic heterocycles. The van der Waals surface area contributed by atoms with Gasteiger partial charge in [0.05, 0.1) is 10.6 Å². The number of halogens is 2. The number of aliphatic carboxylic acids is 1. The van der Waals surface area contributed by atoms with Gasteiger partial charge in [-0.15, -0.1) is 11.8 Å². The van der Waals surface area contributed by atoms with Gasteiger partial charge in [-0.1, -0.05) is 37.3 Å². The molecule has 152 valence electrons. The molecule has 0 aromatic heterocycles. The molecule has 0 bridgehead atoms. The van der Waals surface area contributed by atoms with Gasteiger partial charge >= 0.3 is 5.97 Å². The van der Waals surface area contributed by atoms with E-state index < -0.39 is 5.97 Å². The molecule has 0 spiro atoms. The molecule has 1 N–H and O–H groups in total. The van der Waals surface area contributed by atoms with Crippen LogP contribution in [0.15, 0.2) is 71.3 Å². The second kappa shape index (κ2) is 9.74. The van der Waals surface area contributed by atoms with Crippen molar-refractivity contribution in [1.29, 1.82) is 0 Å². The number of nitrogens with zero attached hydrogens (tertiary/aromatic N) is 1. The van der Waals surface area contributed by atoms with Crippen molar-refractivity contribution in [3.8, 4) is 0 Å². The van der Waals surface area contributed by atoms with Gasteiger partial charge in [-0.05, 0) is 54.3 Å². The lowest BCUT2D eigenvalue weighted by atomic mass is 10.1. The summed E-state index contributed by atoms with van der Waals surface area (Å²) < 4.78 is 26.3. The van der Waals surface area contributed by atoms with Crippen LogP contribution in [0.25, 0.3) is 0 Å². The Labute approximate surface area is 173 Å². The maximum Gasteiger partial charge on any atom is 0.338 e. The van der Waals surface area contributed by atoms with Crippen LogP contribution in [0.1, 0.15) is 24.5 Å². The second-order valence-corrected chi connectivity index (χ2v) is 8.45. The Kier molecular flexibility index (Phi) is 7.09. The Morgan fingerprint density at radius 1 is 1.07 bits per heavy atom. The number of carboxylic acid groups (broad SMARTS) is 1. The normalized spacial score (nSPS) is 14.9. The molecule has 1 aliphatic rings. The molecule has 2 aromatic carbocycles. The Hall–Kier alpha value is -2.60. The van der Waals surface area contributed by atoms with Gasteiger partial charge in [-0.2, -0.15) is 0 Å². The molecule has 29 heavy (non-hydrogen) atoms. The molecule has 6 heteroatoms. The number of rotatable bonds is 8. The zero-order valence-corrected chi connectivity index (χ0v) is 17.0. The molecule has 0 aliphatic carbocycles. The molecule has 3 rings (SSSR count). The molecule has 1 unspecified atom stereocenters.